The van der Waals surface area contributed by atoms with Crippen LogP contribution in [0.1, 0.15) is 55.0 Å². The van der Waals surface area contributed by atoms with Gasteiger partial charge in [-0.15, -0.1) is 0 Å². The fourth-order valence-corrected chi connectivity index (χ4v) is 3.44. The zero-order valence-electron chi connectivity index (χ0n) is 13.7. The highest BCUT2D eigenvalue weighted by atomic mass is 14.7. The summed E-state index contributed by atoms with van der Waals surface area (Å²) in [5, 5.41) is 0. The summed E-state index contributed by atoms with van der Waals surface area (Å²) >= 11 is 0. The summed E-state index contributed by atoms with van der Waals surface area (Å²) in [6.45, 7) is 8.80. The molecular formula is C20H27N. The quantitative estimate of drug-likeness (QED) is 0.814. The van der Waals surface area contributed by atoms with Crippen LogP contribution in [0.5, 0.6) is 0 Å². The molecule has 1 unspecified atom stereocenters. The van der Waals surface area contributed by atoms with Gasteiger partial charge in [-0.1, -0.05) is 67.9 Å². The van der Waals surface area contributed by atoms with Crippen LogP contribution in [0, 0.1) is 13.8 Å². The highest BCUT2D eigenvalue weighted by Gasteiger charge is 2.36. The highest BCUT2D eigenvalue weighted by Crippen LogP contribution is 2.42. The van der Waals surface area contributed by atoms with E-state index in [0.717, 1.165) is 12.8 Å². The molecule has 2 N–H and O–H groups in total. The molecule has 2 rings (SSSR count). The van der Waals surface area contributed by atoms with Crippen molar-refractivity contribution in [2.45, 2.75) is 52.0 Å². The fourth-order valence-electron chi connectivity index (χ4n) is 3.44. The van der Waals surface area contributed by atoms with Crippen molar-refractivity contribution in [1.29, 1.82) is 0 Å². The first-order valence-electron chi connectivity index (χ1n) is 7.93. The van der Waals surface area contributed by atoms with Crippen LogP contribution >= 0.6 is 0 Å². The minimum absolute atomic E-state index is 0.000185. The molecule has 1 atom stereocenters. The first-order valence-corrected chi connectivity index (χ1v) is 7.93. The molecule has 0 spiro atoms. The maximum atomic E-state index is 6.80. The lowest BCUT2D eigenvalue weighted by Crippen LogP contribution is -2.38. The second kappa shape index (κ2) is 6.44. The van der Waals surface area contributed by atoms with Crippen LogP contribution in [0.15, 0.2) is 48.5 Å². The molecule has 0 saturated carbocycles. The normalized spacial score (nSPS) is 13.2. The summed E-state index contributed by atoms with van der Waals surface area (Å²) in [5.41, 5.74) is 12.0. The SMILES string of the molecule is CCC(CC)(c1ccccc1)C(N)c1cc(C)ccc1C. The molecule has 0 bridgehead atoms. The Morgan fingerprint density at radius 3 is 2.14 bits per heavy atom. The Kier molecular flexibility index (Phi) is 4.84. The average Bonchev–Trinajstić information content (AvgIpc) is 2.52. The Bertz CT molecular complexity index is 582. The summed E-state index contributed by atoms with van der Waals surface area (Å²) in [6.07, 6.45) is 2.09. The van der Waals surface area contributed by atoms with Crippen LogP contribution in [0.2, 0.25) is 0 Å². The first-order chi connectivity index (χ1) is 10.0. The molecule has 2 aromatic carbocycles. The Labute approximate surface area is 129 Å². The van der Waals surface area contributed by atoms with Crippen molar-refractivity contribution < 1.29 is 0 Å². The van der Waals surface area contributed by atoms with E-state index in [4.69, 9.17) is 5.73 Å². The second-order valence-electron chi connectivity index (χ2n) is 6.07. The molecule has 21 heavy (non-hydrogen) atoms. The average molecular weight is 281 g/mol. The molecule has 0 saturated heterocycles. The standard InChI is InChI=1S/C20H27N/c1-5-20(6-2,17-10-8-7-9-11-17)19(21)18-14-15(3)12-13-16(18)4/h7-14,19H,5-6,21H2,1-4H3. The van der Waals surface area contributed by atoms with Crippen LogP contribution in [-0.2, 0) is 5.41 Å². The lowest BCUT2D eigenvalue weighted by Gasteiger charge is -2.39. The van der Waals surface area contributed by atoms with Crippen molar-refractivity contribution in [3.63, 3.8) is 0 Å². The van der Waals surface area contributed by atoms with Gasteiger partial charge in [-0.25, -0.2) is 0 Å². The fraction of sp³-hybridized carbons (Fsp3) is 0.400. The zero-order valence-corrected chi connectivity index (χ0v) is 13.7. The third-order valence-corrected chi connectivity index (χ3v) is 4.98. The third-order valence-electron chi connectivity index (χ3n) is 4.98. The maximum absolute atomic E-state index is 6.80. The van der Waals surface area contributed by atoms with Crippen molar-refractivity contribution in [1.82, 2.24) is 0 Å². The van der Waals surface area contributed by atoms with Gasteiger partial charge in [0.15, 0.2) is 0 Å². The van der Waals surface area contributed by atoms with E-state index in [1.54, 1.807) is 0 Å². The van der Waals surface area contributed by atoms with Crippen molar-refractivity contribution in [2.75, 3.05) is 0 Å². The van der Waals surface area contributed by atoms with Gasteiger partial charge in [0.2, 0.25) is 0 Å². The molecule has 0 aliphatic heterocycles. The highest BCUT2D eigenvalue weighted by molar-refractivity contribution is 5.38. The third kappa shape index (κ3) is 2.89. The molecule has 0 aliphatic carbocycles. The lowest BCUT2D eigenvalue weighted by atomic mass is 9.68. The number of aryl methyl sites for hydroxylation is 2. The molecule has 2 aromatic rings. The van der Waals surface area contributed by atoms with E-state index in [0.29, 0.717) is 0 Å². The monoisotopic (exact) mass is 281 g/mol. The Morgan fingerprint density at radius 2 is 1.57 bits per heavy atom. The van der Waals surface area contributed by atoms with Gasteiger partial charge in [0.25, 0.3) is 0 Å². The van der Waals surface area contributed by atoms with Gasteiger partial charge < -0.3 is 5.73 Å². The maximum Gasteiger partial charge on any atom is 0.0395 e. The molecule has 0 amide bonds. The Morgan fingerprint density at radius 1 is 0.952 bits per heavy atom. The summed E-state index contributed by atoms with van der Waals surface area (Å²) in [4.78, 5) is 0. The minimum Gasteiger partial charge on any atom is -0.323 e. The molecule has 1 nitrogen and oxygen atoms in total. The van der Waals surface area contributed by atoms with Gasteiger partial charge >= 0.3 is 0 Å². The van der Waals surface area contributed by atoms with Gasteiger partial charge in [-0.2, -0.15) is 0 Å². The van der Waals surface area contributed by atoms with Crippen LogP contribution in [0.3, 0.4) is 0 Å². The van der Waals surface area contributed by atoms with Crippen LogP contribution in [-0.4, -0.2) is 0 Å². The van der Waals surface area contributed by atoms with Crippen molar-refractivity contribution in [3.8, 4) is 0 Å². The van der Waals surface area contributed by atoms with Gasteiger partial charge in [0, 0.05) is 11.5 Å². The van der Waals surface area contributed by atoms with Crippen LogP contribution in [0.25, 0.3) is 0 Å². The number of hydrogen-bond donors (Lipinski definition) is 1. The topological polar surface area (TPSA) is 26.0 Å². The summed E-state index contributed by atoms with van der Waals surface area (Å²) < 4.78 is 0. The van der Waals surface area contributed by atoms with Crippen molar-refractivity contribution in [2.24, 2.45) is 5.73 Å². The van der Waals surface area contributed by atoms with Gasteiger partial charge in [0.1, 0.15) is 0 Å². The van der Waals surface area contributed by atoms with Crippen molar-refractivity contribution >= 4 is 0 Å². The molecule has 0 radical (unpaired) electrons. The van der Waals surface area contributed by atoms with E-state index in [-0.39, 0.29) is 11.5 Å². The smallest absolute Gasteiger partial charge is 0.0395 e. The number of rotatable bonds is 5. The summed E-state index contributed by atoms with van der Waals surface area (Å²) in [7, 11) is 0. The zero-order chi connectivity index (χ0) is 15.5. The number of nitrogens with two attached hydrogens (primary N) is 1. The number of hydrogen-bond acceptors (Lipinski definition) is 1. The van der Waals surface area contributed by atoms with Gasteiger partial charge in [0.05, 0.1) is 0 Å². The molecule has 0 aliphatic rings. The largest absolute Gasteiger partial charge is 0.323 e. The predicted molar refractivity (Wildman–Crippen MR) is 91.5 cm³/mol. The second-order valence-corrected chi connectivity index (χ2v) is 6.07. The van der Waals surface area contributed by atoms with E-state index in [9.17, 15) is 0 Å². The van der Waals surface area contributed by atoms with Gasteiger partial charge in [-0.05, 0) is 43.4 Å². The van der Waals surface area contributed by atoms with E-state index < -0.39 is 0 Å². The predicted octanol–water partition coefficient (Wildman–Crippen LogP) is 5.06. The van der Waals surface area contributed by atoms with Crippen molar-refractivity contribution in [3.05, 3.63) is 70.8 Å². The lowest BCUT2D eigenvalue weighted by molar-refractivity contribution is 0.321. The van der Waals surface area contributed by atoms with Crippen LogP contribution < -0.4 is 5.73 Å². The first kappa shape index (κ1) is 15.8. The van der Waals surface area contributed by atoms with Gasteiger partial charge in [-0.3, -0.25) is 0 Å². The van der Waals surface area contributed by atoms with E-state index in [1.807, 2.05) is 0 Å². The van der Waals surface area contributed by atoms with E-state index in [2.05, 4.69) is 76.2 Å². The molecule has 0 aromatic heterocycles. The Balaban J connectivity index is 2.54. The molecule has 0 heterocycles. The minimum atomic E-state index is -0.000185. The van der Waals surface area contributed by atoms with Crippen LogP contribution in [0.4, 0.5) is 0 Å². The molecular weight excluding hydrogens is 254 g/mol. The van der Waals surface area contributed by atoms with E-state index >= 15 is 0 Å². The van der Waals surface area contributed by atoms with E-state index in [1.165, 1.54) is 22.3 Å². The molecule has 112 valence electrons. The number of benzene rings is 2. The summed E-state index contributed by atoms with van der Waals surface area (Å²) in [5.74, 6) is 0. The summed E-state index contributed by atoms with van der Waals surface area (Å²) in [6, 6.07) is 17.4. The molecule has 0 fully saturated rings. The Hall–Kier alpha value is -1.60. The molecule has 1 heteroatoms.